The summed E-state index contributed by atoms with van der Waals surface area (Å²) < 4.78 is 0. The highest BCUT2D eigenvalue weighted by Crippen LogP contribution is 2.29. The van der Waals surface area contributed by atoms with Gasteiger partial charge in [-0.15, -0.1) is 0 Å². The lowest BCUT2D eigenvalue weighted by Crippen LogP contribution is -2.48. The Morgan fingerprint density at radius 3 is 2.22 bits per heavy atom. The molecule has 0 unspecified atom stereocenters. The van der Waals surface area contributed by atoms with Crippen molar-refractivity contribution in [3.8, 4) is 0 Å². The number of amides is 1. The lowest BCUT2D eigenvalue weighted by atomic mass is 9.96. The van der Waals surface area contributed by atoms with Crippen LogP contribution in [0.15, 0.2) is 85.1 Å². The maximum absolute atomic E-state index is 12.2. The number of pyridine rings is 1. The van der Waals surface area contributed by atoms with Gasteiger partial charge in [0.05, 0.1) is 6.04 Å². The molecule has 2 heterocycles. The van der Waals surface area contributed by atoms with Gasteiger partial charge >= 0.3 is 0 Å². The number of carbonyl (C=O) groups is 1. The van der Waals surface area contributed by atoms with Gasteiger partial charge in [-0.25, -0.2) is 4.98 Å². The Balaban J connectivity index is 1.18. The van der Waals surface area contributed by atoms with Crippen LogP contribution in [0.4, 0.5) is 5.82 Å². The average Bonchev–Trinajstić information content (AvgIpc) is 2.94. The Kier molecular flexibility index (Phi) is 9.65. The van der Waals surface area contributed by atoms with Gasteiger partial charge in [-0.05, 0) is 48.7 Å². The van der Waals surface area contributed by atoms with Crippen LogP contribution in [0.3, 0.4) is 0 Å². The standard InChI is InChI=1S/C30H37N5O/c1-31-30-27(15-10-19-33-30)16-17-28(36)32-18-8-9-20-34-21-23-35(24-22-34)29(25-11-4-2-5-12-25)26-13-6-3-7-14-26/h2-7,10-17,19,29H,8-9,18,20-24H2,1H3,(H,31,33)(H,32,36)/b17-16+. The van der Waals surface area contributed by atoms with Crippen LogP contribution in [0.2, 0.25) is 0 Å². The molecule has 1 aliphatic heterocycles. The van der Waals surface area contributed by atoms with Crippen molar-refractivity contribution in [3.63, 3.8) is 0 Å². The van der Waals surface area contributed by atoms with E-state index in [-0.39, 0.29) is 5.91 Å². The van der Waals surface area contributed by atoms with E-state index in [1.165, 1.54) is 11.1 Å². The van der Waals surface area contributed by atoms with E-state index in [1.54, 1.807) is 18.3 Å². The fourth-order valence-corrected chi connectivity index (χ4v) is 4.79. The molecule has 0 saturated carbocycles. The largest absolute Gasteiger partial charge is 0.373 e. The summed E-state index contributed by atoms with van der Waals surface area (Å²) >= 11 is 0. The molecule has 0 spiro atoms. The number of aromatic nitrogens is 1. The monoisotopic (exact) mass is 483 g/mol. The second-order valence-electron chi connectivity index (χ2n) is 9.12. The minimum Gasteiger partial charge on any atom is -0.373 e. The van der Waals surface area contributed by atoms with E-state index >= 15 is 0 Å². The van der Waals surface area contributed by atoms with Crippen LogP contribution >= 0.6 is 0 Å². The van der Waals surface area contributed by atoms with Gasteiger partial charge < -0.3 is 15.5 Å². The topological polar surface area (TPSA) is 60.5 Å². The van der Waals surface area contributed by atoms with Crippen molar-refractivity contribution in [1.29, 1.82) is 0 Å². The molecule has 188 valence electrons. The predicted molar refractivity (Wildman–Crippen MR) is 148 cm³/mol. The highest BCUT2D eigenvalue weighted by Gasteiger charge is 2.26. The van der Waals surface area contributed by atoms with Crippen molar-refractivity contribution in [1.82, 2.24) is 20.1 Å². The SMILES string of the molecule is CNc1ncccc1/C=C/C(=O)NCCCCN1CCN(C(c2ccccc2)c2ccccc2)CC1. The number of hydrogen-bond donors (Lipinski definition) is 2. The van der Waals surface area contributed by atoms with Crippen molar-refractivity contribution in [2.24, 2.45) is 0 Å². The van der Waals surface area contributed by atoms with E-state index in [0.717, 1.165) is 56.9 Å². The maximum atomic E-state index is 12.2. The van der Waals surface area contributed by atoms with Crippen LogP contribution in [0.1, 0.15) is 35.6 Å². The van der Waals surface area contributed by atoms with Crippen LogP contribution in [0.25, 0.3) is 6.08 Å². The molecule has 36 heavy (non-hydrogen) atoms. The first kappa shape index (κ1) is 25.6. The summed E-state index contributed by atoms with van der Waals surface area (Å²) in [5.74, 6) is 0.697. The smallest absolute Gasteiger partial charge is 0.244 e. The highest BCUT2D eigenvalue weighted by molar-refractivity contribution is 5.92. The molecule has 1 amide bonds. The first-order valence-electron chi connectivity index (χ1n) is 12.9. The van der Waals surface area contributed by atoms with Gasteiger partial charge in [0.25, 0.3) is 0 Å². The molecule has 1 aromatic heterocycles. The van der Waals surface area contributed by atoms with E-state index in [2.05, 4.69) is 86.1 Å². The van der Waals surface area contributed by atoms with Gasteiger partial charge in [0, 0.05) is 57.6 Å². The Morgan fingerprint density at radius 2 is 1.58 bits per heavy atom. The molecule has 6 heteroatoms. The third-order valence-corrected chi connectivity index (χ3v) is 6.69. The lowest BCUT2D eigenvalue weighted by molar-refractivity contribution is -0.116. The Labute approximate surface area is 215 Å². The highest BCUT2D eigenvalue weighted by atomic mass is 16.1. The molecule has 6 nitrogen and oxygen atoms in total. The van der Waals surface area contributed by atoms with Gasteiger partial charge in [-0.3, -0.25) is 9.69 Å². The molecule has 0 radical (unpaired) electrons. The van der Waals surface area contributed by atoms with Crippen molar-refractivity contribution in [3.05, 3.63) is 102 Å². The van der Waals surface area contributed by atoms with Crippen molar-refractivity contribution in [2.75, 3.05) is 51.6 Å². The van der Waals surface area contributed by atoms with Crippen LogP contribution in [0.5, 0.6) is 0 Å². The van der Waals surface area contributed by atoms with Crippen LogP contribution in [0, 0.1) is 0 Å². The molecule has 1 aliphatic rings. The number of anilines is 1. The zero-order chi connectivity index (χ0) is 25.0. The quantitative estimate of drug-likeness (QED) is 0.312. The summed E-state index contributed by atoms with van der Waals surface area (Å²) in [7, 11) is 1.82. The van der Waals surface area contributed by atoms with Crippen molar-refractivity contribution < 1.29 is 4.79 Å². The second kappa shape index (κ2) is 13.6. The summed E-state index contributed by atoms with van der Waals surface area (Å²) in [6.45, 7) is 6.02. The maximum Gasteiger partial charge on any atom is 0.244 e. The zero-order valence-corrected chi connectivity index (χ0v) is 21.1. The molecule has 1 fully saturated rings. The minimum absolute atomic E-state index is 0.0672. The van der Waals surface area contributed by atoms with Gasteiger partial charge in [0.1, 0.15) is 5.82 Å². The number of nitrogens with one attached hydrogen (secondary N) is 2. The Hall–Kier alpha value is -3.48. The number of carbonyl (C=O) groups excluding carboxylic acids is 1. The summed E-state index contributed by atoms with van der Waals surface area (Å²) in [5.41, 5.74) is 3.61. The fourth-order valence-electron chi connectivity index (χ4n) is 4.79. The number of unbranched alkanes of at least 4 members (excludes halogenated alkanes) is 1. The van der Waals surface area contributed by atoms with Crippen LogP contribution in [-0.4, -0.2) is 67.0 Å². The summed E-state index contributed by atoms with van der Waals surface area (Å²) in [5, 5.41) is 6.03. The number of benzene rings is 2. The van der Waals surface area contributed by atoms with Gasteiger partial charge in [0.15, 0.2) is 0 Å². The molecule has 0 bridgehead atoms. The predicted octanol–water partition coefficient (Wildman–Crippen LogP) is 4.44. The second-order valence-corrected chi connectivity index (χ2v) is 9.12. The number of hydrogen-bond acceptors (Lipinski definition) is 5. The van der Waals surface area contributed by atoms with Crippen LogP contribution in [-0.2, 0) is 4.79 Å². The fraction of sp³-hybridized carbons (Fsp3) is 0.333. The first-order valence-corrected chi connectivity index (χ1v) is 12.9. The molecule has 1 saturated heterocycles. The first-order chi connectivity index (χ1) is 17.7. The molecule has 2 aromatic carbocycles. The normalized spacial score (nSPS) is 14.8. The molecule has 2 N–H and O–H groups in total. The number of piperazine rings is 1. The summed E-state index contributed by atoms with van der Waals surface area (Å²) in [6, 6.07) is 25.8. The van der Waals surface area contributed by atoms with Gasteiger partial charge in [-0.1, -0.05) is 60.7 Å². The summed E-state index contributed by atoms with van der Waals surface area (Å²) in [4.78, 5) is 21.6. The van der Waals surface area contributed by atoms with Gasteiger partial charge in [-0.2, -0.15) is 0 Å². The zero-order valence-electron chi connectivity index (χ0n) is 21.1. The Morgan fingerprint density at radius 1 is 0.917 bits per heavy atom. The number of nitrogens with zero attached hydrogens (tertiary/aromatic N) is 3. The van der Waals surface area contributed by atoms with E-state index in [9.17, 15) is 4.79 Å². The molecule has 4 rings (SSSR count). The lowest BCUT2D eigenvalue weighted by Gasteiger charge is -2.39. The van der Waals surface area contributed by atoms with E-state index in [0.29, 0.717) is 12.6 Å². The summed E-state index contributed by atoms with van der Waals surface area (Å²) in [6.07, 6.45) is 7.16. The Bertz CT molecular complexity index is 1060. The van der Waals surface area contributed by atoms with Gasteiger partial charge in [0.2, 0.25) is 5.91 Å². The van der Waals surface area contributed by atoms with E-state index in [1.807, 2.05) is 19.2 Å². The molecular formula is C30H37N5O. The third kappa shape index (κ3) is 7.26. The third-order valence-electron chi connectivity index (χ3n) is 6.69. The van der Waals surface area contributed by atoms with E-state index < -0.39 is 0 Å². The van der Waals surface area contributed by atoms with E-state index in [4.69, 9.17) is 0 Å². The van der Waals surface area contributed by atoms with Crippen molar-refractivity contribution in [2.45, 2.75) is 18.9 Å². The average molecular weight is 484 g/mol. The van der Waals surface area contributed by atoms with Crippen molar-refractivity contribution >= 4 is 17.8 Å². The molecule has 0 aliphatic carbocycles. The number of rotatable bonds is 11. The minimum atomic E-state index is -0.0672. The molecule has 3 aromatic rings. The molecule has 0 atom stereocenters. The van der Waals surface area contributed by atoms with Crippen LogP contribution < -0.4 is 10.6 Å². The molecular weight excluding hydrogens is 446 g/mol.